The van der Waals surface area contributed by atoms with E-state index in [0.29, 0.717) is 0 Å². The first-order valence-electron chi connectivity index (χ1n) is 5.09. The molecule has 0 spiro atoms. The van der Waals surface area contributed by atoms with Gasteiger partial charge in [0.25, 0.3) is 0 Å². The lowest BCUT2D eigenvalue weighted by molar-refractivity contribution is -0.114. The van der Waals surface area contributed by atoms with Crippen molar-refractivity contribution in [2.24, 2.45) is 0 Å². The van der Waals surface area contributed by atoms with Gasteiger partial charge < -0.3 is 5.32 Å². The first-order chi connectivity index (χ1) is 6.72. The molecule has 0 aromatic heterocycles. The molecule has 0 fully saturated rings. The van der Waals surface area contributed by atoms with Crippen LogP contribution >= 0.6 is 0 Å². The van der Waals surface area contributed by atoms with Crippen LogP contribution in [-0.2, 0) is 11.2 Å². The maximum atomic E-state index is 10.8. The van der Waals surface area contributed by atoms with Gasteiger partial charge in [-0.25, -0.2) is 0 Å². The minimum absolute atomic E-state index is 0.0161. The van der Waals surface area contributed by atoms with Gasteiger partial charge in [-0.05, 0) is 30.5 Å². The third kappa shape index (κ3) is 3.60. The second kappa shape index (κ2) is 5.43. The fourth-order valence-corrected chi connectivity index (χ4v) is 1.39. The number of aryl methyl sites for hydroxylation is 1. The fraction of sp³-hybridized carbons (Fsp3) is 0.417. The highest BCUT2D eigenvalue weighted by Gasteiger charge is 1.97. The molecule has 2 heteroatoms. The van der Waals surface area contributed by atoms with Crippen molar-refractivity contribution in [2.45, 2.75) is 33.1 Å². The summed E-state index contributed by atoms with van der Waals surface area (Å²) in [5.41, 5.74) is 2.18. The summed E-state index contributed by atoms with van der Waals surface area (Å²) in [7, 11) is 0. The largest absolute Gasteiger partial charge is 0.326 e. The molecular formula is C12H17NO. The molecule has 1 amide bonds. The molecule has 0 aliphatic heterocycles. The van der Waals surface area contributed by atoms with E-state index in [4.69, 9.17) is 0 Å². The quantitative estimate of drug-likeness (QED) is 0.778. The Morgan fingerprint density at radius 2 is 2.21 bits per heavy atom. The zero-order valence-corrected chi connectivity index (χ0v) is 8.84. The van der Waals surface area contributed by atoms with Crippen LogP contribution < -0.4 is 5.32 Å². The summed E-state index contributed by atoms with van der Waals surface area (Å²) < 4.78 is 0. The standard InChI is InChI=1S/C12H17NO/c1-3-4-6-11-7-5-8-12(9-11)13-10(2)14/h5,7-9H,3-4,6H2,1-2H3,(H,13,14). The van der Waals surface area contributed by atoms with Crippen molar-refractivity contribution in [3.63, 3.8) is 0 Å². The third-order valence-electron chi connectivity index (χ3n) is 2.07. The average molecular weight is 191 g/mol. The van der Waals surface area contributed by atoms with Crippen molar-refractivity contribution in [1.29, 1.82) is 0 Å². The van der Waals surface area contributed by atoms with Gasteiger partial charge in [-0.2, -0.15) is 0 Å². The monoisotopic (exact) mass is 191 g/mol. The number of hydrogen-bond acceptors (Lipinski definition) is 1. The van der Waals surface area contributed by atoms with E-state index < -0.39 is 0 Å². The van der Waals surface area contributed by atoms with Gasteiger partial charge in [-0.3, -0.25) is 4.79 Å². The number of rotatable bonds is 4. The molecule has 1 N–H and O–H groups in total. The number of hydrogen-bond donors (Lipinski definition) is 1. The third-order valence-corrected chi connectivity index (χ3v) is 2.07. The zero-order valence-electron chi connectivity index (χ0n) is 8.84. The molecule has 0 bridgehead atoms. The minimum Gasteiger partial charge on any atom is -0.326 e. The smallest absolute Gasteiger partial charge is 0.221 e. The van der Waals surface area contributed by atoms with E-state index in [1.165, 1.54) is 25.3 Å². The first kappa shape index (κ1) is 10.8. The Morgan fingerprint density at radius 3 is 2.86 bits per heavy atom. The number of amides is 1. The van der Waals surface area contributed by atoms with Crippen LogP contribution in [0, 0.1) is 0 Å². The van der Waals surface area contributed by atoms with Gasteiger partial charge in [0.05, 0.1) is 0 Å². The van der Waals surface area contributed by atoms with Crippen LogP contribution in [0.2, 0.25) is 0 Å². The van der Waals surface area contributed by atoms with Crippen LogP contribution in [0.1, 0.15) is 32.3 Å². The fourth-order valence-electron chi connectivity index (χ4n) is 1.39. The van der Waals surface area contributed by atoms with Crippen molar-refractivity contribution in [3.05, 3.63) is 29.8 Å². The van der Waals surface area contributed by atoms with E-state index in [0.717, 1.165) is 12.1 Å². The first-order valence-corrected chi connectivity index (χ1v) is 5.09. The van der Waals surface area contributed by atoms with Crippen LogP contribution in [0.25, 0.3) is 0 Å². The molecule has 1 rings (SSSR count). The normalized spacial score (nSPS) is 9.86. The van der Waals surface area contributed by atoms with Crippen LogP contribution in [-0.4, -0.2) is 5.91 Å². The van der Waals surface area contributed by atoms with Crippen molar-refractivity contribution in [2.75, 3.05) is 5.32 Å². The highest BCUT2D eigenvalue weighted by Crippen LogP contribution is 2.12. The topological polar surface area (TPSA) is 29.1 Å². The van der Waals surface area contributed by atoms with E-state index in [-0.39, 0.29) is 5.91 Å². The van der Waals surface area contributed by atoms with Crippen LogP contribution in [0.15, 0.2) is 24.3 Å². The second-order valence-electron chi connectivity index (χ2n) is 3.49. The molecule has 2 nitrogen and oxygen atoms in total. The molecule has 1 aromatic rings. The number of benzene rings is 1. The molecule has 0 saturated heterocycles. The van der Waals surface area contributed by atoms with Crippen LogP contribution in [0.5, 0.6) is 0 Å². The predicted octanol–water partition coefficient (Wildman–Crippen LogP) is 2.99. The molecule has 1 aromatic carbocycles. The number of unbranched alkanes of at least 4 members (excludes halogenated alkanes) is 1. The van der Waals surface area contributed by atoms with Gasteiger partial charge in [0.1, 0.15) is 0 Å². The maximum absolute atomic E-state index is 10.8. The van der Waals surface area contributed by atoms with Gasteiger partial charge in [-0.15, -0.1) is 0 Å². The Kier molecular flexibility index (Phi) is 4.17. The molecule has 0 aliphatic carbocycles. The predicted molar refractivity (Wildman–Crippen MR) is 59.4 cm³/mol. The van der Waals surface area contributed by atoms with E-state index in [2.05, 4.69) is 18.3 Å². The second-order valence-corrected chi connectivity index (χ2v) is 3.49. The van der Waals surface area contributed by atoms with Gasteiger partial charge in [0.2, 0.25) is 5.91 Å². The Morgan fingerprint density at radius 1 is 1.43 bits per heavy atom. The Bertz CT molecular complexity index is 307. The highest BCUT2D eigenvalue weighted by atomic mass is 16.1. The summed E-state index contributed by atoms with van der Waals surface area (Å²) in [5, 5.41) is 2.78. The summed E-state index contributed by atoms with van der Waals surface area (Å²) >= 11 is 0. The Labute approximate surface area is 85.3 Å². The maximum Gasteiger partial charge on any atom is 0.221 e. The Hall–Kier alpha value is -1.31. The zero-order chi connectivity index (χ0) is 10.4. The van der Waals surface area contributed by atoms with E-state index in [9.17, 15) is 4.79 Å². The summed E-state index contributed by atoms with van der Waals surface area (Å²) in [4.78, 5) is 10.8. The van der Waals surface area contributed by atoms with E-state index in [1.807, 2.05) is 18.2 Å². The summed E-state index contributed by atoms with van der Waals surface area (Å²) in [6, 6.07) is 8.03. The minimum atomic E-state index is -0.0161. The van der Waals surface area contributed by atoms with Gasteiger partial charge in [0.15, 0.2) is 0 Å². The average Bonchev–Trinajstić information content (AvgIpc) is 2.14. The molecule has 14 heavy (non-hydrogen) atoms. The van der Waals surface area contributed by atoms with Crippen LogP contribution in [0.3, 0.4) is 0 Å². The SMILES string of the molecule is CCCCc1cccc(NC(C)=O)c1. The molecule has 0 heterocycles. The van der Waals surface area contributed by atoms with Gasteiger partial charge in [0, 0.05) is 12.6 Å². The Balaban J connectivity index is 2.63. The number of carbonyl (C=O) groups is 1. The van der Waals surface area contributed by atoms with E-state index in [1.54, 1.807) is 0 Å². The van der Waals surface area contributed by atoms with Crippen molar-refractivity contribution in [3.8, 4) is 0 Å². The van der Waals surface area contributed by atoms with Gasteiger partial charge >= 0.3 is 0 Å². The molecule has 76 valence electrons. The molecule has 0 radical (unpaired) electrons. The van der Waals surface area contributed by atoms with Gasteiger partial charge in [-0.1, -0.05) is 25.5 Å². The van der Waals surface area contributed by atoms with Crippen molar-refractivity contribution in [1.82, 2.24) is 0 Å². The summed E-state index contributed by atoms with van der Waals surface area (Å²) in [5.74, 6) is -0.0161. The van der Waals surface area contributed by atoms with Crippen LogP contribution in [0.4, 0.5) is 5.69 Å². The number of carbonyl (C=O) groups excluding carboxylic acids is 1. The lowest BCUT2D eigenvalue weighted by Gasteiger charge is -2.04. The highest BCUT2D eigenvalue weighted by molar-refractivity contribution is 5.88. The molecule has 0 unspecified atom stereocenters. The molecule has 0 atom stereocenters. The van der Waals surface area contributed by atoms with Crippen molar-refractivity contribution >= 4 is 11.6 Å². The van der Waals surface area contributed by atoms with E-state index >= 15 is 0 Å². The lowest BCUT2D eigenvalue weighted by Crippen LogP contribution is -2.05. The lowest BCUT2D eigenvalue weighted by atomic mass is 10.1. The molecular weight excluding hydrogens is 174 g/mol. The number of nitrogens with one attached hydrogen (secondary N) is 1. The van der Waals surface area contributed by atoms with Crippen molar-refractivity contribution < 1.29 is 4.79 Å². The number of anilines is 1. The molecule has 0 aliphatic rings. The summed E-state index contributed by atoms with van der Waals surface area (Å²) in [6.07, 6.45) is 3.48. The summed E-state index contributed by atoms with van der Waals surface area (Å²) in [6.45, 7) is 3.70. The molecule has 0 saturated carbocycles.